The van der Waals surface area contributed by atoms with Crippen LogP contribution in [0.25, 0.3) is 0 Å². The summed E-state index contributed by atoms with van der Waals surface area (Å²) in [5.74, 6) is 1.09. The Balaban J connectivity index is 1.62. The second-order valence-corrected chi connectivity index (χ2v) is 8.24. The number of rotatable bonds is 7. The standard InChI is InChI=1S/C26H29N5O3/c1-16-20-7-5-4-6-18(20)8-10-31(16)11-9-22(32)21-13-17(14-23(33-2)24(21)34-3)12-19-15-29-26(28)30-25(19)27/h4-7,9,11,13-16H,8,10,12H2,1-3H3,(H4,27,28,29,30)/b11-9+. The van der Waals surface area contributed by atoms with Crippen molar-refractivity contribution in [3.05, 3.63) is 82.7 Å². The summed E-state index contributed by atoms with van der Waals surface area (Å²) in [5, 5.41) is 0. The average molecular weight is 460 g/mol. The third-order valence-electron chi connectivity index (χ3n) is 6.17. The summed E-state index contributed by atoms with van der Waals surface area (Å²) in [7, 11) is 3.06. The number of carbonyl (C=O) groups is 1. The van der Waals surface area contributed by atoms with E-state index in [1.54, 1.807) is 25.4 Å². The maximum Gasteiger partial charge on any atom is 0.221 e. The van der Waals surface area contributed by atoms with Crippen LogP contribution in [0.15, 0.2) is 54.9 Å². The molecule has 1 aliphatic rings. The highest BCUT2D eigenvalue weighted by Gasteiger charge is 2.22. The van der Waals surface area contributed by atoms with E-state index >= 15 is 0 Å². The van der Waals surface area contributed by atoms with Crippen molar-refractivity contribution in [1.29, 1.82) is 0 Å². The monoisotopic (exact) mass is 459 g/mol. The number of hydrogen-bond donors (Lipinski definition) is 2. The number of benzene rings is 2. The van der Waals surface area contributed by atoms with Gasteiger partial charge >= 0.3 is 0 Å². The zero-order valence-electron chi connectivity index (χ0n) is 19.6. The molecule has 8 heteroatoms. The topological polar surface area (TPSA) is 117 Å². The number of carbonyl (C=O) groups excluding carboxylic acids is 1. The maximum absolute atomic E-state index is 13.3. The van der Waals surface area contributed by atoms with Crippen LogP contribution in [-0.4, -0.2) is 41.4 Å². The Kier molecular flexibility index (Phi) is 6.67. The van der Waals surface area contributed by atoms with E-state index in [1.807, 2.05) is 12.3 Å². The fourth-order valence-electron chi connectivity index (χ4n) is 4.35. The van der Waals surface area contributed by atoms with E-state index in [9.17, 15) is 4.79 Å². The van der Waals surface area contributed by atoms with E-state index < -0.39 is 0 Å². The van der Waals surface area contributed by atoms with Crippen LogP contribution in [0.1, 0.15) is 45.6 Å². The van der Waals surface area contributed by atoms with Crippen molar-refractivity contribution in [3.8, 4) is 11.5 Å². The van der Waals surface area contributed by atoms with Crippen molar-refractivity contribution < 1.29 is 14.3 Å². The molecular formula is C26H29N5O3. The molecular weight excluding hydrogens is 430 g/mol. The molecule has 0 saturated heterocycles. The fourth-order valence-corrected chi connectivity index (χ4v) is 4.35. The number of nitrogens with zero attached hydrogens (tertiary/aromatic N) is 3. The van der Waals surface area contributed by atoms with Gasteiger partial charge < -0.3 is 25.8 Å². The van der Waals surface area contributed by atoms with Gasteiger partial charge in [0.15, 0.2) is 17.3 Å². The first-order valence-electron chi connectivity index (χ1n) is 11.1. The Morgan fingerprint density at radius 1 is 1.21 bits per heavy atom. The molecule has 0 bridgehead atoms. The summed E-state index contributed by atoms with van der Waals surface area (Å²) in [6, 6.07) is 12.2. The van der Waals surface area contributed by atoms with Gasteiger partial charge in [0.25, 0.3) is 0 Å². The predicted octanol–water partition coefficient (Wildman–Crippen LogP) is 3.56. The van der Waals surface area contributed by atoms with Gasteiger partial charge in [0, 0.05) is 37.0 Å². The fraction of sp³-hybridized carbons (Fsp3) is 0.269. The zero-order valence-corrected chi connectivity index (χ0v) is 19.6. The minimum absolute atomic E-state index is 0.115. The van der Waals surface area contributed by atoms with Crippen LogP contribution in [-0.2, 0) is 12.8 Å². The number of hydrogen-bond acceptors (Lipinski definition) is 8. The van der Waals surface area contributed by atoms with E-state index in [1.165, 1.54) is 18.2 Å². The highest BCUT2D eigenvalue weighted by atomic mass is 16.5. The minimum atomic E-state index is -0.176. The third kappa shape index (κ3) is 4.66. The number of nitrogen functional groups attached to an aromatic ring is 2. The van der Waals surface area contributed by atoms with Crippen molar-refractivity contribution in [2.75, 3.05) is 32.2 Å². The number of fused-ring (bicyclic) bond motifs is 1. The second kappa shape index (κ2) is 9.82. The van der Waals surface area contributed by atoms with Gasteiger partial charge in [-0.15, -0.1) is 0 Å². The number of nitrogens with two attached hydrogens (primary N) is 2. The van der Waals surface area contributed by atoms with E-state index in [-0.39, 0.29) is 17.8 Å². The summed E-state index contributed by atoms with van der Waals surface area (Å²) < 4.78 is 11.0. The Morgan fingerprint density at radius 2 is 2.00 bits per heavy atom. The molecule has 0 amide bonds. The molecule has 1 atom stereocenters. The van der Waals surface area contributed by atoms with Gasteiger partial charge in [0.05, 0.1) is 25.8 Å². The lowest BCUT2D eigenvalue weighted by atomic mass is 9.94. The Hall–Kier alpha value is -4.07. The second-order valence-electron chi connectivity index (χ2n) is 8.24. The van der Waals surface area contributed by atoms with E-state index in [4.69, 9.17) is 20.9 Å². The van der Waals surface area contributed by atoms with E-state index in [0.29, 0.717) is 34.9 Å². The molecule has 8 nitrogen and oxygen atoms in total. The SMILES string of the molecule is COc1cc(Cc2cnc(N)nc2N)cc(C(=O)/C=C/N2CCc3ccccc3C2C)c1OC. The minimum Gasteiger partial charge on any atom is -0.493 e. The molecule has 4 N–H and O–H groups in total. The molecule has 0 fully saturated rings. The lowest BCUT2D eigenvalue weighted by molar-refractivity contribution is 0.104. The van der Waals surface area contributed by atoms with Crippen LogP contribution < -0.4 is 20.9 Å². The van der Waals surface area contributed by atoms with Crippen LogP contribution >= 0.6 is 0 Å². The molecule has 0 radical (unpaired) electrons. The van der Waals surface area contributed by atoms with Gasteiger partial charge in [-0.2, -0.15) is 4.98 Å². The molecule has 2 aromatic carbocycles. The molecule has 4 rings (SSSR count). The number of allylic oxidation sites excluding steroid dienone is 1. The lowest BCUT2D eigenvalue weighted by Gasteiger charge is -2.34. The maximum atomic E-state index is 13.3. The van der Waals surface area contributed by atoms with Crippen LogP contribution in [0, 0.1) is 0 Å². The first-order valence-corrected chi connectivity index (χ1v) is 11.1. The summed E-state index contributed by atoms with van der Waals surface area (Å²) in [5.41, 5.74) is 16.2. The molecule has 1 unspecified atom stereocenters. The molecule has 0 saturated carbocycles. The van der Waals surface area contributed by atoms with Crippen molar-refractivity contribution >= 4 is 17.5 Å². The normalized spacial score (nSPS) is 15.3. The lowest BCUT2D eigenvalue weighted by Crippen LogP contribution is -2.29. The van der Waals surface area contributed by atoms with Crippen LogP contribution in [0.5, 0.6) is 11.5 Å². The van der Waals surface area contributed by atoms with Crippen molar-refractivity contribution in [2.45, 2.75) is 25.8 Å². The number of aromatic nitrogens is 2. The van der Waals surface area contributed by atoms with Crippen LogP contribution in [0.4, 0.5) is 11.8 Å². The Labute approximate surface area is 199 Å². The Bertz CT molecular complexity index is 1240. The van der Waals surface area contributed by atoms with Gasteiger partial charge in [-0.1, -0.05) is 24.3 Å². The highest BCUT2D eigenvalue weighted by molar-refractivity contribution is 6.07. The summed E-state index contributed by atoms with van der Waals surface area (Å²) in [6.45, 7) is 3.00. The Morgan fingerprint density at radius 3 is 2.74 bits per heavy atom. The summed E-state index contributed by atoms with van der Waals surface area (Å²) >= 11 is 0. The molecule has 2 heterocycles. The molecule has 1 aliphatic heterocycles. The summed E-state index contributed by atoms with van der Waals surface area (Å²) in [4.78, 5) is 23.5. The molecule has 0 aliphatic carbocycles. The van der Waals surface area contributed by atoms with Crippen molar-refractivity contribution in [3.63, 3.8) is 0 Å². The third-order valence-corrected chi connectivity index (χ3v) is 6.17. The van der Waals surface area contributed by atoms with Crippen molar-refractivity contribution in [1.82, 2.24) is 14.9 Å². The number of ether oxygens (including phenoxy) is 2. The first kappa shape index (κ1) is 23.1. The molecule has 176 valence electrons. The number of methoxy groups -OCH3 is 2. The average Bonchev–Trinajstić information content (AvgIpc) is 2.84. The van der Waals surface area contributed by atoms with Crippen LogP contribution in [0.2, 0.25) is 0 Å². The van der Waals surface area contributed by atoms with Gasteiger partial charge in [0.2, 0.25) is 5.95 Å². The highest BCUT2D eigenvalue weighted by Crippen LogP contribution is 2.35. The van der Waals surface area contributed by atoms with Gasteiger partial charge in [-0.05, 0) is 42.2 Å². The first-order chi connectivity index (χ1) is 16.4. The smallest absolute Gasteiger partial charge is 0.221 e. The molecule has 1 aromatic heterocycles. The van der Waals surface area contributed by atoms with E-state index in [0.717, 1.165) is 18.5 Å². The number of ketones is 1. The van der Waals surface area contributed by atoms with E-state index in [2.05, 4.69) is 46.1 Å². The van der Waals surface area contributed by atoms with Crippen molar-refractivity contribution in [2.24, 2.45) is 0 Å². The zero-order chi connectivity index (χ0) is 24.2. The largest absolute Gasteiger partial charge is 0.493 e. The molecule has 34 heavy (non-hydrogen) atoms. The quantitative estimate of drug-likeness (QED) is 0.407. The predicted molar refractivity (Wildman–Crippen MR) is 132 cm³/mol. The van der Waals surface area contributed by atoms with Gasteiger partial charge in [-0.3, -0.25) is 4.79 Å². The molecule has 0 spiro atoms. The van der Waals surface area contributed by atoms with Gasteiger partial charge in [-0.25, -0.2) is 4.98 Å². The molecule has 3 aromatic rings. The van der Waals surface area contributed by atoms with Gasteiger partial charge in [0.1, 0.15) is 5.82 Å². The number of anilines is 2. The van der Waals surface area contributed by atoms with Crippen LogP contribution in [0.3, 0.4) is 0 Å². The summed E-state index contributed by atoms with van der Waals surface area (Å²) in [6.07, 6.45) is 6.40.